The molecule has 1 aromatic heterocycles. The molecule has 0 aliphatic carbocycles. The van der Waals surface area contributed by atoms with E-state index < -0.39 is 0 Å². The van der Waals surface area contributed by atoms with Crippen LogP contribution < -0.4 is 0 Å². The van der Waals surface area contributed by atoms with Crippen LogP contribution >= 0.6 is 11.5 Å². The molecule has 1 saturated heterocycles. The first-order valence-electron chi connectivity index (χ1n) is 5.63. The van der Waals surface area contributed by atoms with E-state index in [1.54, 1.807) is 11.5 Å². The zero-order valence-electron chi connectivity index (χ0n) is 8.97. The first-order valence-corrected chi connectivity index (χ1v) is 6.40. The molecular weight excluding hydrogens is 220 g/mol. The van der Waals surface area contributed by atoms with Gasteiger partial charge in [-0.05, 0) is 30.4 Å². The van der Waals surface area contributed by atoms with E-state index in [1.165, 1.54) is 20.8 Å². The van der Waals surface area contributed by atoms with Gasteiger partial charge < -0.3 is 5.21 Å². The number of hydrogen-bond donors (Lipinski definition) is 1. The second-order valence-electron chi connectivity index (χ2n) is 4.29. The summed E-state index contributed by atoms with van der Waals surface area (Å²) < 4.78 is 5.85. The van der Waals surface area contributed by atoms with Gasteiger partial charge >= 0.3 is 0 Å². The number of aromatic nitrogens is 1. The molecule has 16 heavy (non-hydrogen) atoms. The van der Waals surface area contributed by atoms with Crippen molar-refractivity contribution < 1.29 is 5.21 Å². The van der Waals surface area contributed by atoms with Crippen molar-refractivity contribution in [2.45, 2.75) is 18.8 Å². The van der Waals surface area contributed by atoms with E-state index in [1.807, 2.05) is 0 Å². The smallest absolute Gasteiger partial charge is 0.0652 e. The van der Waals surface area contributed by atoms with Crippen LogP contribution in [0.4, 0.5) is 0 Å². The van der Waals surface area contributed by atoms with Crippen molar-refractivity contribution in [2.24, 2.45) is 0 Å². The number of piperidine rings is 1. The van der Waals surface area contributed by atoms with E-state index in [2.05, 4.69) is 28.6 Å². The molecule has 3 rings (SSSR count). The lowest BCUT2D eigenvalue weighted by Gasteiger charge is -2.26. The van der Waals surface area contributed by atoms with Crippen molar-refractivity contribution in [1.29, 1.82) is 0 Å². The first kappa shape index (κ1) is 10.2. The highest BCUT2D eigenvalue weighted by molar-refractivity contribution is 7.13. The van der Waals surface area contributed by atoms with Gasteiger partial charge in [-0.2, -0.15) is 9.44 Å². The average Bonchev–Trinajstić information content (AvgIpc) is 2.74. The Labute approximate surface area is 98.4 Å². The molecular formula is C12H14N2OS. The molecule has 0 unspecified atom stereocenters. The van der Waals surface area contributed by atoms with Gasteiger partial charge in [-0.3, -0.25) is 0 Å². The van der Waals surface area contributed by atoms with E-state index in [-0.39, 0.29) is 0 Å². The van der Waals surface area contributed by atoms with Gasteiger partial charge in [0.2, 0.25) is 0 Å². The molecule has 3 nitrogen and oxygen atoms in total. The number of nitrogens with zero attached hydrogens (tertiary/aromatic N) is 2. The maximum atomic E-state index is 9.35. The molecule has 0 atom stereocenters. The fraction of sp³-hybridized carbons (Fsp3) is 0.417. The summed E-state index contributed by atoms with van der Waals surface area (Å²) in [5.74, 6) is 0.513. The Morgan fingerprint density at radius 3 is 2.81 bits per heavy atom. The van der Waals surface area contributed by atoms with Crippen LogP contribution in [0.15, 0.2) is 24.3 Å². The highest BCUT2D eigenvalue weighted by Crippen LogP contribution is 2.33. The Morgan fingerprint density at radius 1 is 1.25 bits per heavy atom. The van der Waals surface area contributed by atoms with Gasteiger partial charge in [0.25, 0.3) is 0 Å². The minimum atomic E-state index is 0.513. The molecule has 1 aromatic carbocycles. The maximum Gasteiger partial charge on any atom is 0.0652 e. The van der Waals surface area contributed by atoms with Crippen molar-refractivity contribution in [3.05, 3.63) is 30.0 Å². The number of benzene rings is 1. The molecule has 2 heterocycles. The summed E-state index contributed by atoms with van der Waals surface area (Å²) in [4.78, 5) is 0. The SMILES string of the molecule is ON1CCC(c2nsc3ccccc23)CC1. The molecule has 2 aromatic rings. The van der Waals surface area contributed by atoms with Crippen molar-refractivity contribution in [1.82, 2.24) is 9.44 Å². The van der Waals surface area contributed by atoms with Crippen LogP contribution in [0, 0.1) is 0 Å². The minimum absolute atomic E-state index is 0.513. The fourth-order valence-electron chi connectivity index (χ4n) is 2.34. The molecule has 0 bridgehead atoms. The number of fused-ring (bicyclic) bond motifs is 1. The first-order chi connectivity index (χ1) is 7.84. The Hall–Kier alpha value is -0.970. The van der Waals surface area contributed by atoms with Crippen LogP contribution in [0.3, 0.4) is 0 Å². The lowest BCUT2D eigenvalue weighted by Crippen LogP contribution is -2.29. The quantitative estimate of drug-likeness (QED) is 0.824. The van der Waals surface area contributed by atoms with E-state index in [9.17, 15) is 5.21 Å². The van der Waals surface area contributed by atoms with Gasteiger partial charge in [0.05, 0.1) is 10.4 Å². The van der Waals surface area contributed by atoms with Crippen molar-refractivity contribution >= 4 is 21.6 Å². The molecule has 0 spiro atoms. The Kier molecular flexibility index (Phi) is 2.63. The molecule has 1 aliphatic rings. The lowest BCUT2D eigenvalue weighted by molar-refractivity contribution is -0.106. The summed E-state index contributed by atoms with van der Waals surface area (Å²) in [6.07, 6.45) is 2.01. The summed E-state index contributed by atoms with van der Waals surface area (Å²) >= 11 is 1.58. The Balaban J connectivity index is 1.94. The molecule has 1 N–H and O–H groups in total. The average molecular weight is 234 g/mol. The van der Waals surface area contributed by atoms with Gasteiger partial charge in [0, 0.05) is 24.4 Å². The predicted molar refractivity (Wildman–Crippen MR) is 65.0 cm³/mol. The number of rotatable bonds is 1. The van der Waals surface area contributed by atoms with E-state index in [4.69, 9.17) is 0 Å². The van der Waals surface area contributed by atoms with Crippen molar-refractivity contribution in [3.63, 3.8) is 0 Å². The molecule has 0 radical (unpaired) electrons. The third kappa shape index (κ3) is 1.73. The molecule has 4 heteroatoms. The normalized spacial score (nSPS) is 19.3. The number of hydrogen-bond acceptors (Lipinski definition) is 4. The maximum absolute atomic E-state index is 9.35. The summed E-state index contributed by atoms with van der Waals surface area (Å²) in [6, 6.07) is 8.40. The van der Waals surface area contributed by atoms with Crippen LogP contribution in [0.5, 0.6) is 0 Å². The molecule has 1 fully saturated rings. The Bertz CT molecular complexity index is 488. The van der Waals surface area contributed by atoms with Gasteiger partial charge in [-0.1, -0.05) is 18.2 Å². The van der Waals surface area contributed by atoms with Crippen LogP contribution in [0.1, 0.15) is 24.5 Å². The third-order valence-corrected chi connectivity index (χ3v) is 4.10. The zero-order valence-corrected chi connectivity index (χ0v) is 9.78. The highest BCUT2D eigenvalue weighted by atomic mass is 32.1. The topological polar surface area (TPSA) is 36.4 Å². The predicted octanol–water partition coefficient (Wildman–Crippen LogP) is 2.86. The largest absolute Gasteiger partial charge is 0.314 e. The van der Waals surface area contributed by atoms with Gasteiger partial charge in [-0.25, -0.2) is 0 Å². The van der Waals surface area contributed by atoms with E-state index in [0.717, 1.165) is 25.9 Å². The molecule has 0 amide bonds. The second-order valence-corrected chi connectivity index (χ2v) is 5.10. The Morgan fingerprint density at radius 2 is 2.00 bits per heavy atom. The van der Waals surface area contributed by atoms with Crippen LogP contribution in [-0.2, 0) is 0 Å². The van der Waals surface area contributed by atoms with Crippen LogP contribution in [0.25, 0.3) is 10.1 Å². The second kappa shape index (κ2) is 4.13. The number of hydroxylamine groups is 2. The van der Waals surface area contributed by atoms with Gasteiger partial charge in [-0.15, -0.1) is 0 Å². The third-order valence-electron chi connectivity index (χ3n) is 3.26. The minimum Gasteiger partial charge on any atom is -0.314 e. The molecule has 84 valence electrons. The van der Waals surface area contributed by atoms with Crippen LogP contribution in [0.2, 0.25) is 0 Å². The standard InChI is InChI=1S/C12H14N2OS/c15-14-7-5-9(6-8-14)12-10-3-1-2-4-11(10)16-13-12/h1-4,9,15H,5-8H2. The molecule has 1 aliphatic heterocycles. The highest BCUT2D eigenvalue weighted by Gasteiger charge is 2.22. The summed E-state index contributed by atoms with van der Waals surface area (Å²) in [5.41, 5.74) is 1.23. The summed E-state index contributed by atoms with van der Waals surface area (Å²) in [7, 11) is 0. The van der Waals surface area contributed by atoms with Crippen molar-refractivity contribution in [2.75, 3.05) is 13.1 Å². The van der Waals surface area contributed by atoms with E-state index >= 15 is 0 Å². The van der Waals surface area contributed by atoms with Crippen molar-refractivity contribution in [3.8, 4) is 0 Å². The van der Waals surface area contributed by atoms with Gasteiger partial charge in [0.1, 0.15) is 0 Å². The monoisotopic (exact) mass is 234 g/mol. The lowest BCUT2D eigenvalue weighted by atomic mass is 9.92. The molecule has 0 saturated carbocycles. The fourth-order valence-corrected chi connectivity index (χ4v) is 3.19. The summed E-state index contributed by atoms with van der Waals surface area (Å²) in [5, 5.41) is 12.1. The van der Waals surface area contributed by atoms with Crippen LogP contribution in [-0.4, -0.2) is 27.7 Å². The van der Waals surface area contributed by atoms with Gasteiger partial charge in [0.15, 0.2) is 0 Å². The summed E-state index contributed by atoms with van der Waals surface area (Å²) in [6.45, 7) is 1.52. The van der Waals surface area contributed by atoms with E-state index in [0.29, 0.717) is 5.92 Å². The zero-order chi connectivity index (χ0) is 11.0.